The van der Waals surface area contributed by atoms with E-state index in [1.165, 1.54) is 0 Å². The van der Waals surface area contributed by atoms with E-state index in [2.05, 4.69) is 4.98 Å². The molecule has 0 spiro atoms. The second kappa shape index (κ2) is 3.58. The third-order valence-corrected chi connectivity index (χ3v) is 2.36. The molecule has 2 heteroatoms. The lowest BCUT2D eigenvalue weighted by molar-refractivity contribution is -0.108. The van der Waals surface area contributed by atoms with Crippen molar-refractivity contribution in [1.29, 1.82) is 0 Å². The Labute approximate surface area is 82.6 Å². The summed E-state index contributed by atoms with van der Waals surface area (Å²) in [5.41, 5.74) is 1.96. The molecule has 2 rings (SSSR count). The lowest BCUT2D eigenvalue weighted by Crippen LogP contribution is -1.94. The van der Waals surface area contributed by atoms with Gasteiger partial charge in [0.25, 0.3) is 0 Å². The quantitative estimate of drug-likeness (QED) is 0.673. The van der Waals surface area contributed by atoms with Gasteiger partial charge in [-0.25, -0.2) is 0 Å². The summed E-state index contributed by atoms with van der Waals surface area (Å²) >= 11 is 0. The van der Waals surface area contributed by atoms with E-state index in [0.717, 1.165) is 22.8 Å². The maximum absolute atomic E-state index is 10.6. The van der Waals surface area contributed by atoms with Crippen LogP contribution in [-0.4, -0.2) is 11.3 Å². The van der Waals surface area contributed by atoms with E-state index in [1.807, 2.05) is 37.3 Å². The first-order valence-corrected chi connectivity index (χ1v) is 4.61. The molecule has 0 bridgehead atoms. The van der Waals surface area contributed by atoms with Crippen molar-refractivity contribution in [2.45, 2.75) is 12.8 Å². The van der Waals surface area contributed by atoms with Gasteiger partial charge >= 0.3 is 0 Å². The van der Waals surface area contributed by atoms with Crippen LogP contribution in [0.15, 0.2) is 36.5 Å². The molecule has 0 fully saturated rings. The second-order valence-electron chi connectivity index (χ2n) is 3.38. The first-order chi connectivity index (χ1) is 6.81. The predicted octanol–water partition coefficient (Wildman–Crippen LogP) is 2.54. The third-order valence-electron chi connectivity index (χ3n) is 2.36. The van der Waals surface area contributed by atoms with Crippen LogP contribution in [0.4, 0.5) is 0 Å². The highest BCUT2D eigenvalue weighted by molar-refractivity contribution is 5.80. The molecule has 1 aromatic carbocycles. The molecule has 0 aliphatic rings. The maximum atomic E-state index is 10.6. The van der Waals surface area contributed by atoms with Crippen molar-refractivity contribution in [2.24, 2.45) is 0 Å². The second-order valence-corrected chi connectivity index (χ2v) is 3.38. The van der Waals surface area contributed by atoms with Gasteiger partial charge in [0.15, 0.2) is 0 Å². The van der Waals surface area contributed by atoms with Crippen LogP contribution >= 0.6 is 0 Å². The number of aromatic nitrogens is 1. The van der Waals surface area contributed by atoms with Gasteiger partial charge in [-0.15, -0.1) is 0 Å². The molecule has 0 amide bonds. The van der Waals surface area contributed by atoms with Crippen LogP contribution in [0.2, 0.25) is 0 Å². The molecule has 0 aliphatic heterocycles. The smallest absolute Gasteiger partial charge is 0.127 e. The molecule has 1 unspecified atom stereocenters. The van der Waals surface area contributed by atoms with Crippen LogP contribution in [-0.2, 0) is 4.79 Å². The minimum absolute atomic E-state index is 0.0543. The Balaban J connectivity index is 2.56. The molecule has 70 valence electrons. The van der Waals surface area contributed by atoms with Gasteiger partial charge in [0.2, 0.25) is 0 Å². The number of aldehydes is 1. The highest BCUT2D eigenvalue weighted by Crippen LogP contribution is 2.18. The maximum Gasteiger partial charge on any atom is 0.127 e. The molecule has 0 saturated carbocycles. The zero-order valence-corrected chi connectivity index (χ0v) is 7.97. The number of fused-ring (bicyclic) bond motifs is 1. The van der Waals surface area contributed by atoms with Crippen molar-refractivity contribution in [3.05, 3.63) is 42.1 Å². The lowest BCUT2D eigenvalue weighted by Gasteiger charge is -2.04. The van der Waals surface area contributed by atoms with Crippen molar-refractivity contribution in [3.63, 3.8) is 0 Å². The number of carbonyl (C=O) groups excluding carboxylic acids is 1. The molecule has 1 atom stereocenters. The fourth-order valence-corrected chi connectivity index (χ4v) is 1.45. The van der Waals surface area contributed by atoms with Crippen LogP contribution in [0.25, 0.3) is 10.9 Å². The van der Waals surface area contributed by atoms with Gasteiger partial charge in [0, 0.05) is 17.5 Å². The van der Waals surface area contributed by atoms with Gasteiger partial charge in [0.1, 0.15) is 6.29 Å². The minimum atomic E-state index is -0.0543. The van der Waals surface area contributed by atoms with Crippen molar-refractivity contribution in [2.75, 3.05) is 0 Å². The summed E-state index contributed by atoms with van der Waals surface area (Å²) in [5.74, 6) is -0.0543. The van der Waals surface area contributed by atoms with E-state index < -0.39 is 0 Å². The van der Waals surface area contributed by atoms with E-state index in [0.29, 0.717) is 0 Å². The van der Waals surface area contributed by atoms with Crippen LogP contribution in [0, 0.1) is 0 Å². The highest BCUT2D eigenvalue weighted by atomic mass is 16.1. The number of nitrogens with zero attached hydrogens (tertiary/aromatic N) is 1. The normalized spacial score (nSPS) is 12.6. The molecule has 0 N–H and O–H groups in total. The molecular formula is C12H11NO. The minimum Gasteiger partial charge on any atom is -0.303 e. The van der Waals surface area contributed by atoms with E-state index in [4.69, 9.17) is 0 Å². The largest absolute Gasteiger partial charge is 0.303 e. The number of benzene rings is 1. The summed E-state index contributed by atoms with van der Waals surface area (Å²) in [6.45, 7) is 1.89. The standard InChI is InChI=1S/C12H11NO/c1-9(8-14)11-5-4-10-3-2-6-13-12(10)7-11/h2-9H,1H3. The SMILES string of the molecule is CC(C=O)c1ccc2cccnc2c1. The van der Waals surface area contributed by atoms with Gasteiger partial charge in [-0.2, -0.15) is 0 Å². The fraction of sp³-hybridized carbons (Fsp3) is 0.167. The van der Waals surface area contributed by atoms with Crippen molar-refractivity contribution in [1.82, 2.24) is 4.98 Å². The average molecular weight is 185 g/mol. The Morgan fingerprint density at radius 1 is 1.36 bits per heavy atom. The van der Waals surface area contributed by atoms with E-state index in [1.54, 1.807) is 6.20 Å². The summed E-state index contributed by atoms with van der Waals surface area (Å²) in [6.07, 6.45) is 2.71. The molecule has 2 nitrogen and oxygen atoms in total. The van der Waals surface area contributed by atoms with Crippen molar-refractivity contribution < 1.29 is 4.79 Å². The summed E-state index contributed by atoms with van der Waals surface area (Å²) in [4.78, 5) is 14.9. The summed E-state index contributed by atoms with van der Waals surface area (Å²) < 4.78 is 0. The van der Waals surface area contributed by atoms with E-state index in [-0.39, 0.29) is 5.92 Å². The molecule has 0 radical (unpaired) electrons. The Bertz CT molecular complexity index is 465. The molecular weight excluding hydrogens is 174 g/mol. The van der Waals surface area contributed by atoms with Crippen LogP contribution in [0.5, 0.6) is 0 Å². The van der Waals surface area contributed by atoms with Gasteiger partial charge in [0.05, 0.1) is 5.52 Å². The monoisotopic (exact) mass is 185 g/mol. The molecule has 14 heavy (non-hydrogen) atoms. The molecule has 2 aromatic rings. The van der Waals surface area contributed by atoms with Crippen LogP contribution in [0.1, 0.15) is 18.4 Å². The summed E-state index contributed by atoms with van der Waals surface area (Å²) in [7, 11) is 0. The zero-order valence-electron chi connectivity index (χ0n) is 7.97. The third kappa shape index (κ3) is 1.51. The van der Waals surface area contributed by atoms with Gasteiger partial charge < -0.3 is 4.79 Å². The van der Waals surface area contributed by atoms with E-state index in [9.17, 15) is 4.79 Å². The number of carbonyl (C=O) groups is 1. The van der Waals surface area contributed by atoms with Crippen molar-refractivity contribution >= 4 is 17.2 Å². The molecule has 0 aliphatic carbocycles. The first kappa shape index (κ1) is 8.88. The Kier molecular flexibility index (Phi) is 2.27. The highest BCUT2D eigenvalue weighted by Gasteiger charge is 2.04. The zero-order chi connectivity index (χ0) is 9.97. The van der Waals surface area contributed by atoms with Crippen LogP contribution in [0.3, 0.4) is 0 Å². The van der Waals surface area contributed by atoms with Gasteiger partial charge in [-0.1, -0.05) is 25.1 Å². The van der Waals surface area contributed by atoms with E-state index >= 15 is 0 Å². The topological polar surface area (TPSA) is 30.0 Å². The van der Waals surface area contributed by atoms with Gasteiger partial charge in [-0.05, 0) is 17.7 Å². The predicted molar refractivity (Wildman–Crippen MR) is 56.2 cm³/mol. The first-order valence-electron chi connectivity index (χ1n) is 4.61. The molecule has 1 heterocycles. The number of pyridine rings is 1. The average Bonchev–Trinajstić information content (AvgIpc) is 2.27. The Hall–Kier alpha value is -1.70. The van der Waals surface area contributed by atoms with Crippen molar-refractivity contribution in [3.8, 4) is 0 Å². The lowest BCUT2D eigenvalue weighted by atomic mass is 10.0. The molecule has 1 aromatic heterocycles. The van der Waals surface area contributed by atoms with Crippen LogP contribution < -0.4 is 0 Å². The Morgan fingerprint density at radius 3 is 3.00 bits per heavy atom. The summed E-state index contributed by atoms with van der Waals surface area (Å²) in [6, 6.07) is 9.86. The summed E-state index contributed by atoms with van der Waals surface area (Å²) in [5, 5.41) is 1.11. The number of hydrogen-bond donors (Lipinski definition) is 0. The fourth-order valence-electron chi connectivity index (χ4n) is 1.45. The van der Waals surface area contributed by atoms with Gasteiger partial charge in [-0.3, -0.25) is 4.98 Å². The number of hydrogen-bond acceptors (Lipinski definition) is 2. The Morgan fingerprint density at radius 2 is 2.21 bits per heavy atom. The molecule has 0 saturated heterocycles. The number of rotatable bonds is 2.